The molecular formula is C26H30F4N6O2S. The van der Waals surface area contributed by atoms with Gasteiger partial charge in [-0.2, -0.15) is 13.2 Å². The highest BCUT2D eigenvalue weighted by Crippen LogP contribution is 2.31. The van der Waals surface area contributed by atoms with Crippen molar-refractivity contribution in [1.82, 2.24) is 15.3 Å². The van der Waals surface area contributed by atoms with Crippen molar-refractivity contribution in [2.45, 2.75) is 25.6 Å². The first-order chi connectivity index (χ1) is 18.4. The number of pyridine rings is 2. The summed E-state index contributed by atoms with van der Waals surface area (Å²) in [6.45, 7) is 4.70. The Bertz CT molecular complexity index is 1380. The van der Waals surface area contributed by atoms with Crippen LogP contribution in [0.3, 0.4) is 0 Å². The molecule has 1 aromatic carbocycles. The van der Waals surface area contributed by atoms with Gasteiger partial charge in [-0.3, -0.25) is 4.72 Å². The lowest BCUT2D eigenvalue weighted by Gasteiger charge is -2.37. The topological polar surface area (TPSA) is 90.5 Å². The van der Waals surface area contributed by atoms with E-state index in [0.29, 0.717) is 43.9 Å². The largest absolute Gasteiger partial charge is 0.433 e. The molecule has 1 saturated heterocycles. The van der Waals surface area contributed by atoms with Crippen LogP contribution in [0, 0.1) is 5.82 Å². The third-order valence-corrected chi connectivity index (χ3v) is 7.01. The zero-order valence-electron chi connectivity index (χ0n) is 21.5. The maximum absolute atomic E-state index is 14.4. The van der Waals surface area contributed by atoms with Crippen LogP contribution in [0.1, 0.15) is 29.7 Å². The lowest BCUT2D eigenvalue weighted by molar-refractivity contribution is -0.141. The van der Waals surface area contributed by atoms with E-state index in [2.05, 4.69) is 24.9 Å². The minimum absolute atomic E-state index is 0.134. The predicted octanol–water partition coefficient (Wildman–Crippen LogP) is 4.23. The number of nitrogens with one attached hydrogen (secondary N) is 2. The quantitative estimate of drug-likeness (QED) is 0.375. The van der Waals surface area contributed by atoms with Crippen LogP contribution in [0.15, 0.2) is 54.7 Å². The van der Waals surface area contributed by atoms with Gasteiger partial charge in [-0.25, -0.2) is 22.8 Å². The van der Waals surface area contributed by atoms with E-state index in [-0.39, 0.29) is 24.0 Å². The maximum Gasteiger partial charge on any atom is 0.433 e. The number of hydrogen-bond donors (Lipinski definition) is 2. The number of nitrogens with zero attached hydrogens (tertiary/aromatic N) is 4. The van der Waals surface area contributed by atoms with Crippen LogP contribution in [-0.4, -0.2) is 57.4 Å². The van der Waals surface area contributed by atoms with Crippen LogP contribution >= 0.6 is 0 Å². The van der Waals surface area contributed by atoms with E-state index in [9.17, 15) is 26.0 Å². The molecule has 1 aliphatic rings. The Morgan fingerprint density at radius 3 is 2.36 bits per heavy atom. The third-order valence-electron chi connectivity index (χ3n) is 6.42. The molecule has 2 aromatic heterocycles. The average Bonchev–Trinajstić information content (AvgIpc) is 2.89. The number of aromatic nitrogens is 2. The number of halogens is 4. The molecule has 0 radical (unpaired) electrons. The summed E-state index contributed by atoms with van der Waals surface area (Å²) in [5.41, 5.74) is 0.195. The van der Waals surface area contributed by atoms with Crippen molar-refractivity contribution >= 4 is 27.3 Å². The summed E-state index contributed by atoms with van der Waals surface area (Å²) < 4.78 is 79.7. The van der Waals surface area contributed by atoms with E-state index in [4.69, 9.17) is 0 Å². The fraction of sp³-hybridized carbons (Fsp3) is 0.385. The zero-order chi connectivity index (χ0) is 28.2. The smallest absolute Gasteiger partial charge is 0.353 e. The van der Waals surface area contributed by atoms with Gasteiger partial charge in [0.05, 0.1) is 11.9 Å². The molecule has 0 aliphatic carbocycles. The molecule has 3 heterocycles. The fourth-order valence-electron chi connectivity index (χ4n) is 4.40. The first-order valence-electron chi connectivity index (χ1n) is 12.4. The van der Waals surface area contributed by atoms with E-state index in [1.54, 1.807) is 12.3 Å². The molecule has 39 heavy (non-hydrogen) atoms. The summed E-state index contributed by atoms with van der Waals surface area (Å²) >= 11 is 0. The van der Waals surface area contributed by atoms with Crippen molar-refractivity contribution in [3.63, 3.8) is 0 Å². The van der Waals surface area contributed by atoms with E-state index >= 15 is 0 Å². The SMILES string of the molecule is CC(CNCc1ccc(C(F)(F)F)nc1N1CCN(c2ccccn2)CC1)c1ccc(NS(C)(=O)=O)c(F)c1. The summed E-state index contributed by atoms with van der Waals surface area (Å²) in [5, 5.41) is 3.24. The highest BCUT2D eigenvalue weighted by molar-refractivity contribution is 7.92. The van der Waals surface area contributed by atoms with Gasteiger partial charge in [-0.15, -0.1) is 0 Å². The van der Waals surface area contributed by atoms with Crippen molar-refractivity contribution < 1.29 is 26.0 Å². The second kappa shape index (κ2) is 11.7. The van der Waals surface area contributed by atoms with E-state index in [0.717, 1.165) is 18.1 Å². The Hall–Kier alpha value is -3.45. The van der Waals surface area contributed by atoms with Gasteiger partial charge in [0.15, 0.2) is 0 Å². The van der Waals surface area contributed by atoms with Crippen molar-refractivity contribution in [3.8, 4) is 0 Å². The second-order valence-electron chi connectivity index (χ2n) is 9.48. The highest BCUT2D eigenvalue weighted by atomic mass is 32.2. The summed E-state index contributed by atoms with van der Waals surface area (Å²) in [6.07, 6.45) is -1.92. The van der Waals surface area contributed by atoms with Gasteiger partial charge in [0.2, 0.25) is 10.0 Å². The molecule has 13 heteroatoms. The number of piperazine rings is 1. The van der Waals surface area contributed by atoms with Gasteiger partial charge in [-0.05, 0) is 41.8 Å². The number of alkyl halides is 3. The standard InChI is InChI=1S/C26H30F4N6O2S/c1-18(19-6-8-22(21(27)15-19)34-39(2,37)38)16-31-17-20-7-9-23(26(28,29)30)33-25(20)36-13-11-35(12-14-36)24-5-3-4-10-32-24/h3-10,15,18,31,34H,11-14,16-17H2,1-2H3. The van der Waals surface area contributed by atoms with Crippen LogP contribution in [-0.2, 0) is 22.7 Å². The minimum Gasteiger partial charge on any atom is -0.353 e. The number of benzene rings is 1. The Balaban J connectivity index is 1.43. The van der Waals surface area contributed by atoms with Crippen molar-refractivity contribution in [1.29, 1.82) is 0 Å². The van der Waals surface area contributed by atoms with Crippen molar-refractivity contribution in [3.05, 3.63) is 77.4 Å². The summed E-state index contributed by atoms with van der Waals surface area (Å²) in [7, 11) is -3.61. The molecular weight excluding hydrogens is 536 g/mol. The zero-order valence-corrected chi connectivity index (χ0v) is 22.4. The molecule has 4 rings (SSSR count). The van der Waals surface area contributed by atoms with Crippen LogP contribution in [0.2, 0.25) is 0 Å². The van der Waals surface area contributed by atoms with Crippen molar-refractivity contribution in [2.24, 2.45) is 0 Å². The Morgan fingerprint density at radius 2 is 1.74 bits per heavy atom. The molecule has 0 spiro atoms. The molecule has 1 atom stereocenters. The molecule has 1 fully saturated rings. The Morgan fingerprint density at radius 1 is 1.03 bits per heavy atom. The summed E-state index contributed by atoms with van der Waals surface area (Å²) in [6, 6.07) is 12.3. The lowest BCUT2D eigenvalue weighted by Crippen LogP contribution is -2.47. The highest BCUT2D eigenvalue weighted by Gasteiger charge is 2.34. The molecule has 210 valence electrons. The van der Waals surface area contributed by atoms with E-state index in [1.807, 2.05) is 30.0 Å². The van der Waals surface area contributed by atoms with Gasteiger partial charge >= 0.3 is 6.18 Å². The number of hydrogen-bond acceptors (Lipinski definition) is 7. The van der Waals surface area contributed by atoms with Crippen LogP contribution in [0.25, 0.3) is 0 Å². The molecule has 8 nitrogen and oxygen atoms in total. The molecule has 1 aliphatic heterocycles. The normalized spacial score (nSPS) is 15.3. The third kappa shape index (κ3) is 7.57. The predicted molar refractivity (Wildman–Crippen MR) is 143 cm³/mol. The minimum atomic E-state index is -4.56. The molecule has 0 bridgehead atoms. The summed E-state index contributed by atoms with van der Waals surface area (Å²) in [5.74, 6) is 0.262. The fourth-order valence-corrected chi connectivity index (χ4v) is 4.96. The first kappa shape index (κ1) is 28.6. The van der Waals surface area contributed by atoms with Gasteiger partial charge < -0.3 is 15.1 Å². The van der Waals surface area contributed by atoms with E-state index in [1.165, 1.54) is 18.2 Å². The van der Waals surface area contributed by atoms with Gasteiger partial charge in [0.1, 0.15) is 23.1 Å². The monoisotopic (exact) mass is 566 g/mol. The molecule has 0 amide bonds. The average molecular weight is 567 g/mol. The van der Waals surface area contributed by atoms with Crippen molar-refractivity contribution in [2.75, 3.05) is 53.5 Å². The lowest BCUT2D eigenvalue weighted by atomic mass is 10.0. The number of anilines is 3. The van der Waals surface area contributed by atoms with Crippen LogP contribution in [0.5, 0.6) is 0 Å². The van der Waals surface area contributed by atoms with Crippen LogP contribution < -0.4 is 19.8 Å². The van der Waals surface area contributed by atoms with Gasteiger partial charge in [-0.1, -0.05) is 25.1 Å². The summed E-state index contributed by atoms with van der Waals surface area (Å²) in [4.78, 5) is 12.3. The first-order valence-corrected chi connectivity index (χ1v) is 14.3. The molecule has 0 saturated carbocycles. The Kier molecular flexibility index (Phi) is 8.60. The van der Waals surface area contributed by atoms with Crippen LogP contribution in [0.4, 0.5) is 34.9 Å². The maximum atomic E-state index is 14.4. The van der Waals surface area contributed by atoms with Gasteiger partial charge in [0.25, 0.3) is 0 Å². The number of rotatable bonds is 9. The molecule has 3 aromatic rings. The Labute approximate surface area is 225 Å². The molecule has 1 unspecified atom stereocenters. The van der Waals surface area contributed by atoms with Gasteiger partial charge in [0, 0.05) is 51.0 Å². The van der Waals surface area contributed by atoms with E-state index < -0.39 is 27.7 Å². The number of sulfonamides is 1. The molecule has 2 N–H and O–H groups in total. The second-order valence-corrected chi connectivity index (χ2v) is 11.2.